The molecule has 0 aromatic carbocycles. The van der Waals surface area contributed by atoms with Crippen LogP contribution in [0.3, 0.4) is 0 Å². The van der Waals surface area contributed by atoms with Crippen LogP contribution in [0.15, 0.2) is 0 Å². The molecular formula is C8H17N3O4S. The maximum absolute atomic E-state index is 11.6. The standard InChI is InChI=1S/C8H17N3O4S/c1-15-8(12)10-16(13,14)11-5-3-7(6-11)2-4-9/h7H,2-6,9H2,1H3,(H,10,12). The molecule has 1 heterocycles. The van der Waals surface area contributed by atoms with Gasteiger partial charge in [-0.15, -0.1) is 0 Å². The van der Waals surface area contributed by atoms with Crippen molar-refractivity contribution in [3.05, 3.63) is 0 Å². The van der Waals surface area contributed by atoms with Gasteiger partial charge in [-0.2, -0.15) is 12.7 Å². The lowest BCUT2D eigenvalue weighted by Crippen LogP contribution is -2.42. The predicted molar refractivity (Wildman–Crippen MR) is 57.8 cm³/mol. The van der Waals surface area contributed by atoms with E-state index in [1.165, 1.54) is 4.31 Å². The van der Waals surface area contributed by atoms with Gasteiger partial charge in [0.05, 0.1) is 7.11 Å². The molecule has 1 rings (SSSR count). The molecule has 1 fully saturated rings. The van der Waals surface area contributed by atoms with Crippen LogP contribution in [0, 0.1) is 5.92 Å². The Morgan fingerprint density at radius 2 is 2.31 bits per heavy atom. The Labute approximate surface area is 95.1 Å². The number of carbonyl (C=O) groups is 1. The average molecular weight is 251 g/mol. The molecule has 0 radical (unpaired) electrons. The number of rotatable bonds is 4. The van der Waals surface area contributed by atoms with E-state index >= 15 is 0 Å². The Morgan fingerprint density at radius 3 is 2.88 bits per heavy atom. The molecule has 3 N–H and O–H groups in total. The average Bonchev–Trinajstić information content (AvgIpc) is 2.67. The lowest BCUT2D eigenvalue weighted by molar-refractivity contribution is 0.177. The minimum atomic E-state index is -3.75. The van der Waals surface area contributed by atoms with Crippen molar-refractivity contribution in [2.75, 3.05) is 26.7 Å². The highest BCUT2D eigenvalue weighted by atomic mass is 32.2. The van der Waals surface area contributed by atoms with E-state index < -0.39 is 16.3 Å². The molecule has 0 spiro atoms. The first-order chi connectivity index (χ1) is 7.49. The fourth-order valence-corrected chi connectivity index (χ4v) is 2.87. The third-order valence-electron chi connectivity index (χ3n) is 2.56. The van der Waals surface area contributed by atoms with E-state index in [4.69, 9.17) is 5.73 Å². The fourth-order valence-electron chi connectivity index (χ4n) is 1.70. The number of carbonyl (C=O) groups excluding carboxylic acids is 1. The van der Waals surface area contributed by atoms with Gasteiger partial charge in [0.15, 0.2) is 0 Å². The Balaban J connectivity index is 2.55. The Kier molecular flexibility index (Phi) is 4.51. The number of amides is 1. The van der Waals surface area contributed by atoms with Crippen molar-refractivity contribution in [2.24, 2.45) is 11.7 Å². The van der Waals surface area contributed by atoms with Crippen LogP contribution < -0.4 is 10.5 Å². The van der Waals surface area contributed by atoms with E-state index in [1.54, 1.807) is 0 Å². The molecule has 1 unspecified atom stereocenters. The second-order valence-electron chi connectivity index (χ2n) is 3.69. The molecular weight excluding hydrogens is 234 g/mol. The molecule has 1 atom stereocenters. The first kappa shape index (κ1) is 13.2. The maximum Gasteiger partial charge on any atom is 0.421 e. The summed E-state index contributed by atoms with van der Waals surface area (Å²) in [5, 5.41) is 0. The van der Waals surface area contributed by atoms with Gasteiger partial charge in [-0.05, 0) is 25.3 Å². The van der Waals surface area contributed by atoms with Crippen LogP contribution >= 0.6 is 0 Å². The normalized spacial score (nSPS) is 22.0. The largest absolute Gasteiger partial charge is 0.452 e. The molecule has 1 saturated heterocycles. The van der Waals surface area contributed by atoms with Crippen LogP contribution in [-0.2, 0) is 14.9 Å². The number of nitrogens with two attached hydrogens (primary N) is 1. The molecule has 1 aliphatic heterocycles. The number of nitrogens with zero attached hydrogens (tertiary/aromatic N) is 1. The number of hydrogen-bond acceptors (Lipinski definition) is 5. The minimum Gasteiger partial charge on any atom is -0.452 e. The predicted octanol–water partition coefficient (Wildman–Crippen LogP) is -0.742. The van der Waals surface area contributed by atoms with Gasteiger partial charge in [-0.25, -0.2) is 9.52 Å². The van der Waals surface area contributed by atoms with E-state index in [-0.39, 0.29) is 5.92 Å². The molecule has 16 heavy (non-hydrogen) atoms. The molecule has 1 aliphatic rings. The number of methoxy groups -OCH3 is 1. The molecule has 0 aromatic heterocycles. The maximum atomic E-state index is 11.6. The Bertz CT molecular complexity index is 343. The van der Waals surface area contributed by atoms with Crippen LogP contribution in [0.25, 0.3) is 0 Å². The van der Waals surface area contributed by atoms with E-state index in [0.717, 1.165) is 20.0 Å². The smallest absolute Gasteiger partial charge is 0.421 e. The highest BCUT2D eigenvalue weighted by molar-refractivity contribution is 7.87. The Hall–Kier alpha value is -0.860. The second-order valence-corrected chi connectivity index (χ2v) is 5.36. The van der Waals surface area contributed by atoms with Crippen molar-refractivity contribution in [1.29, 1.82) is 0 Å². The summed E-state index contributed by atoms with van der Waals surface area (Å²) in [5.74, 6) is 0.277. The van der Waals surface area contributed by atoms with Gasteiger partial charge in [0.2, 0.25) is 0 Å². The number of hydrogen-bond donors (Lipinski definition) is 2. The van der Waals surface area contributed by atoms with Gasteiger partial charge in [0.25, 0.3) is 0 Å². The number of ether oxygens (including phenoxy) is 1. The molecule has 0 bridgehead atoms. The topological polar surface area (TPSA) is 102 Å². The van der Waals surface area contributed by atoms with Gasteiger partial charge in [0, 0.05) is 13.1 Å². The molecule has 7 nitrogen and oxygen atoms in total. The van der Waals surface area contributed by atoms with Crippen LogP contribution in [0.4, 0.5) is 4.79 Å². The number of nitrogens with one attached hydrogen (secondary N) is 1. The van der Waals surface area contributed by atoms with Crippen molar-refractivity contribution in [3.63, 3.8) is 0 Å². The highest BCUT2D eigenvalue weighted by Crippen LogP contribution is 2.20. The van der Waals surface area contributed by atoms with E-state index in [0.29, 0.717) is 19.6 Å². The summed E-state index contributed by atoms with van der Waals surface area (Å²) < 4.78 is 30.6. The van der Waals surface area contributed by atoms with E-state index in [9.17, 15) is 13.2 Å². The zero-order valence-electron chi connectivity index (χ0n) is 9.18. The Morgan fingerprint density at radius 1 is 1.62 bits per heavy atom. The zero-order valence-corrected chi connectivity index (χ0v) is 10.00. The van der Waals surface area contributed by atoms with Crippen molar-refractivity contribution in [1.82, 2.24) is 9.03 Å². The summed E-state index contributed by atoms with van der Waals surface area (Å²) in [6, 6.07) is 0. The quantitative estimate of drug-likeness (QED) is 0.685. The first-order valence-corrected chi connectivity index (χ1v) is 6.49. The van der Waals surface area contributed by atoms with Crippen LogP contribution in [0.1, 0.15) is 12.8 Å². The monoisotopic (exact) mass is 251 g/mol. The van der Waals surface area contributed by atoms with E-state index in [2.05, 4.69) is 4.74 Å². The highest BCUT2D eigenvalue weighted by Gasteiger charge is 2.32. The van der Waals surface area contributed by atoms with Gasteiger partial charge in [-0.3, -0.25) is 0 Å². The van der Waals surface area contributed by atoms with Gasteiger partial charge < -0.3 is 10.5 Å². The lowest BCUT2D eigenvalue weighted by Gasteiger charge is -2.16. The lowest BCUT2D eigenvalue weighted by atomic mass is 10.1. The first-order valence-electron chi connectivity index (χ1n) is 5.05. The van der Waals surface area contributed by atoms with Crippen LogP contribution in [-0.4, -0.2) is 45.6 Å². The van der Waals surface area contributed by atoms with Crippen molar-refractivity contribution in [2.45, 2.75) is 12.8 Å². The van der Waals surface area contributed by atoms with Crippen molar-refractivity contribution < 1.29 is 17.9 Å². The van der Waals surface area contributed by atoms with E-state index in [1.807, 2.05) is 4.72 Å². The molecule has 0 saturated carbocycles. The SMILES string of the molecule is COC(=O)NS(=O)(=O)N1CCC(CCN)C1. The molecule has 0 aliphatic carbocycles. The fraction of sp³-hybridized carbons (Fsp3) is 0.875. The summed E-state index contributed by atoms with van der Waals surface area (Å²) >= 11 is 0. The zero-order chi connectivity index (χ0) is 12.2. The minimum absolute atomic E-state index is 0.277. The third-order valence-corrected chi connectivity index (χ3v) is 4.00. The van der Waals surface area contributed by atoms with Gasteiger partial charge >= 0.3 is 16.3 Å². The molecule has 8 heteroatoms. The summed E-state index contributed by atoms with van der Waals surface area (Å²) in [7, 11) is -2.64. The van der Waals surface area contributed by atoms with Crippen molar-refractivity contribution >= 4 is 16.3 Å². The van der Waals surface area contributed by atoms with Crippen molar-refractivity contribution in [3.8, 4) is 0 Å². The molecule has 94 valence electrons. The molecule has 1 amide bonds. The third kappa shape index (κ3) is 3.32. The summed E-state index contributed by atoms with van der Waals surface area (Å²) in [6.45, 7) is 1.36. The van der Waals surface area contributed by atoms with Gasteiger partial charge in [-0.1, -0.05) is 0 Å². The summed E-state index contributed by atoms with van der Waals surface area (Å²) in [5.41, 5.74) is 5.41. The van der Waals surface area contributed by atoms with Gasteiger partial charge in [0.1, 0.15) is 0 Å². The summed E-state index contributed by atoms with van der Waals surface area (Å²) in [6.07, 6.45) is 0.603. The van der Waals surface area contributed by atoms with Crippen LogP contribution in [0.5, 0.6) is 0 Å². The van der Waals surface area contributed by atoms with Crippen LogP contribution in [0.2, 0.25) is 0 Å². The summed E-state index contributed by atoms with van der Waals surface area (Å²) in [4.78, 5) is 10.8. The molecule has 0 aromatic rings. The second kappa shape index (κ2) is 5.46.